The molecule has 7 nitrogen and oxygen atoms in total. The summed E-state index contributed by atoms with van der Waals surface area (Å²) >= 11 is 0. The lowest BCUT2D eigenvalue weighted by Gasteiger charge is -2.32. The second-order valence-corrected chi connectivity index (χ2v) is 8.32. The third-order valence-electron chi connectivity index (χ3n) is 6.24. The minimum absolute atomic E-state index is 0.0585. The van der Waals surface area contributed by atoms with Gasteiger partial charge in [0, 0.05) is 44.4 Å². The number of hydrogen-bond acceptors (Lipinski definition) is 5. The third-order valence-corrected chi connectivity index (χ3v) is 6.24. The molecule has 2 aromatic heterocycles. The first-order valence-corrected chi connectivity index (χ1v) is 11.2. The number of benzene rings is 1. The zero-order valence-electron chi connectivity index (χ0n) is 18.7. The number of pyridine rings is 1. The molecule has 1 amide bonds. The fraction of sp³-hybridized carbons (Fsp3) is 0.458. The Morgan fingerprint density at radius 1 is 1.23 bits per heavy atom. The van der Waals surface area contributed by atoms with E-state index in [0.29, 0.717) is 12.5 Å². The van der Waals surface area contributed by atoms with Crippen LogP contribution in [0.15, 0.2) is 30.5 Å². The van der Waals surface area contributed by atoms with Gasteiger partial charge in [-0.2, -0.15) is 0 Å². The molecule has 0 unspecified atom stereocenters. The van der Waals surface area contributed by atoms with Crippen molar-refractivity contribution in [2.24, 2.45) is 0 Å². The summed E-state index contributed by atoms with van der Waals surface area (Å²) in [5, 5.41) is 6.43. The van der Waals surface area contributed by atoms with E-state index in [9.17, 15) is 4.79 Å². The van der Waals surface area contributed by atoms with Gasteiger partial charge in [-0.05, 0) is 43.9 Å². The van der Waals surface area contributed by atoms with E-state index in [2.05, 4.69) is 63.6 Å². The van der Waals surface area contributed by atoms with E-state index in [-0.39, 0.29) is 5.91 Å². The number of piperidine rings is 1. The third kappa shape index (κ3) is 4.88. The van der Waals surface area contributed by atoms with Gasteiger partial charge < -0.3 is 20.5 Å². The highest BCUT2D eigenvalue weighted by molar-refractivity contribution is 5.89. The van der Waals surface area contributed by atoms with E-state index in [1.165, 1.54) is 0 Å². The lowest BCUT2D eigenvalue weighted by molar-refractivity contribution is -0.120. The van der Waals surface area contributed by atoms with E-state index in [1.807, 2.05) is 6.20 Å². The molecule has 1 aromatic carbocycles. The van der Waals surface area contributed by atoms with Crippen molar-refractivity contribution in [2.75, 3.05) is 32.0 Å². The van der Waals surface area contributed by atoms with Gasteiger partial charge in [-0.3, -0.25) is 4.79 Å². The predicted octanol–water partition coefficient (Wildman–Crippen LogP) is 3.51. The summed E-state index contributed by atoms with van der Waals surface area (Å²) < 4.78 is 0. The van der Waals surface area contributed by atoms with Crippen LogP contribution in [0.5, 0.6) is 0 Å². The van der Waals surface area contributed by atoms with Gasteiger partial charge in [0.15, 0.2) is 5.65 Å². The molecule has 0 bridgehead atoms. The van der Waals surface area contributed by atoms with Gasteiger partial charge in [-0.25, -0.2) is 9.97 Å². The van der Waals surface area contributed by atoms with Crippen LogP contribution in [-0.2, 0) is 11.2 Å². The molecule has 3 heterocycles. The van der Waals surface area contributed by atoms with Crippen LogP contribution >= 0.6 is 0 Å². The van der Waals surface area contributed by atoms with Crippen molar-refractivity contribution < 1.29 is 4.79 Å². The maximum Gasteiger partial charge on any atom is 0.220 e. The molecular formula is C24H32N6O. The highest BCUT2D eigenvalue weighted by atomic mass is 16.1. The number of aromatic nitrogens is 3. The zero-order valence-corrected chi connectivity index (χ0v) is 18.7. The summed E-state index contributed by atoms with van der Waals surface area (Å²) in [6.45, 7) is 7.73. The molecule has 0 saturated carbocycles. The summed E-state index contributed by atoms with van der Waals surface area (Å²) in [4.78, 5) is 26.8. The molecule has 3 N–H and O–H groups in total. The van der Waals surface area contributed by atoms with E-state index in [0.717, 1.165) is 78.3 Å². The van der Waals surface area contributed by atoms with Crippen LogP contribution in [0.2, 0.25) is 0 Å². The quantitative estimate of drug-likeness (QED) is 0.545. The first-order chi connectivity index (χ1) is 15.1. The number of H-pyrrole nitrogens is 1. The van der Waals surface area contributed by atoms with Gasteiger partial charge in [0.2, 0.25) is 5.91 Å². The fourth-order valence-electron chi connectivity index (χ4n) is 4.18. The average Bonchev–Trinajstić information content (AvgIpc) is 3.25. The number of fused-ring (bicyclic) bond motifs is 1. The van der Waals surface area contributed by atoms with Crippen LogP contribution in [0, 0.1) is 6.92 Å². The molecule has 0 aliphatic carbocycles. The Morgan fingerprint density at radius 2 is 1.97 bits per heavy atom. The number of nitrogens with one attached hydrogen (secondary N) is 3. The number of amides is 1. The van der Waals surface area contributed by atoms with Gasteiger partial charge in [-0.15, -0.1) is 0 Å². The largest absolute Gasteiger partial charge is 0.380 e. The summed E-state index contributed by atoms with van der Waals surface area (Å²) in [5.41, 5.74) is 6.10. The van der Waals surface area contributed by atoms with Crippen molar-refractivity contribution in [2.45, 2.75) is 45.6 Å². The zero-order chi connectivity index (χ0) is 21.8. The van der Waals surface area contributed by atoms with Gasteiger partial charge in [0.25, 0.3) is 0 Å². The number of nitrogens with zero attached hydrogens (tertiary/aromatic N) is 3. The molecule has 7 heteroatoms. The Bertz CT molecular complexity index is 1030. The number of imidazole rings is 1. The molecular weight excluding hydrogens is 388 g/mol. The van der Waals surface area contributed by atoms with E-state index in [4.69, 9.17) is 4.98 Å². The standard InChI is InChI=1S/C24H32N6O/c1-4-30-13-11-19(12-14-30)27-21-16(2)15-26-24-22(21)28-23(29-24)18-8-5-17(6-9-18)7-10-20(31)25-3/h5-6,8-9,15,19H,4,7,10-14H2,1-3H3,(H,25,31)(H2,26,27,28,29). The fourth-order valence-corrected chi connectivity index (χ4v) is 4.18. The van der Waals surface area contributed by atoms with Crippen molar-refractivity contribution in [1.82, 2.24) is 25.2 Å². The summed E-state index contributed by atoms with van der Waals surface area (Å²) in [5.74, 6) is 0.873. The second kappa shape index (κ2) is 9.47. The number of likely N-dealkylation sites (tertiary alicyclic amines) is 1. The number of rotatable bonds is 7. The molecule has 0 radical (unpaired) electrons. The minimum atomic E-state index is 0.0585. The molecule has 164 valence electrons. The number of carbonyl (C=O) groups excluding carboxylic acids is 1. The molecule has 0 atom stereocenters. The van der Waals surface area contributed by atoms with Crippen LogP contribution in [0.25, 0.3) is 22.6 Å². The van der Waals surface area contributed by atoms with Crippen molar-refractivity contribution in [3.05, 3.63) is 41.6 Å². The predicted molar refractivity (Wildman–Crippen MR) is 125 cm³/mol. The Morgan fingerprint density at radius 3 is 2.65 bits per heavy atom. The van der Waals surface area contributed by atoms with Gasteiger partial charge in [0.05, 0.1) is 5.69 Å². The summed E-state index contributed by atoms with van der Waals surface area (Å²) in [6.07, 6.45) is 5.42. The van der Waals surface area contributed by atoms with Gasteiger partial charge in [0.1, 0.15) is 11.3 Å². The van der Waals surface area contributed by atoms with Crippen molar-refractivity contribution in [3.8, 4) is 11.4 Å². The number of hydrogen-bond donors (Lipinski definition) is 3. The van der Waals surface area contributed by atoms with Crippen LogP contribution in [-0.4, -0.2) is 58.5 Å². The number of aromatic amines is 1. The molecule has 1 aliphatic rings. The van der Waals surface area contributed by atoms with Crippen LogP contribution in [0.1, 0.15) is 37.3 Å². The highest BCUT2D eigenvalue weighted by Gasteiger charge is 2.20. The lowest BCUT2D eigenvalue weighted by Crippen LogP contribution is -2.39. The molecule has 1 fully saturated rings. The topological polar surface area (TPSA) is 85.9 Å². The average molecular weight is 421 g/mol. The Kier molecular flexibility index (Phi) is 6.51. The van der Waals surface area contributed by atoms with Crippen molar-refractivity contribution in [3.63, 3.8) is 0 Å². The molecule has 3 aromatic rings. The van der Waals surface area contributed by atoms with E-state index < -0.39 is 0 Å². The Hall–Kier alpha value is -2.93. The number of carbonyl (C=O) groups is 1. The summed E-state index contributed by atoms with van der Waals surface area (Å²) in [7, 11) is 1.67. The number of anilines is 1. The normalized spacial score (nSPS) is 15.3. The lowest BCUT2D eigenvalue weighted by atomic mass is 10.0. The first kappa shape index (κ1) is 21.3. The molecule has 1 aliphatic heterocycles. The monoisotopic (exact) mass is 420 g/mol. The molecule has 31 heavy (non-hydrogen) atoms. The molecule has 0 spiro atoms. The highest BCUT2D eigenvalue weighted by Crippen LogP contribution is 2.29. The molecule has 4 rings (SSSR count). The first-order valence-electron chi connectivity index (χ1n) is 11.2. The van der Waals surface area contributed by atoms with Crippen LogP contribution in [0.4, 0.5) is 5.69 Å². The van der Waals surface area contributed by atoms with E-state index >= 15 is 0 Å². The summed E-state index contributed by atoms with van der Waals surface area (Å²) in [6, 6.07) is 8.70. The SMILES string of the molecule is CCN1CCC(Nc2c(C)cnc3nc(-c4ccc(CCC(=O)NC)cc4)[nH]c23)CC1. The Labute approximate surface area is 183 Å². The second-order valence-electron chi connectivity index (χ2n) is 8.32. The smallest absolute Gasteiger partial charge is 0.220 e. The number of aryl methyl sites for hydroxylation is 2. The van der Waals surface area contributed by atoms with Crippen LogP contribution < -0.4 is 10.6 Å². The molecule has 1 saturated heterocycles. The minimum Gasteiger partial charge on any atom is -0.380 e. The van der Waals surface area contributed by atoms with E-state index in [1.54, 1.807) is 7.05 Å². The Balaban J connectivity index is 1.53. The maximum atomic E-state index is 11.5. The maximum absolute atomic E-state index is 11.5. The van der Waals surface area contributed by atoms with Crippen LogP contribution in [0.3, 0.4) is 0 Å². The van der Waals surface area contributed by atoms with Crippen molar-refractivity contribution in [1.29, 1.82) is 0 Å². The van der Waals surface area contributed by atoms with Gasteiger partial charge in [-0.1, -0.05) is 31.2 Å². The van der Waals surface area contributed by atoms with Gasteiger partial charge >= 0.3 is 0 Å². The van der Waals surface area contributed by atoms with Crippen molar-refractivity contribution >= 4 is 22.8 Å².